The van der Waals surface area contributed by atoms with E-state index < -0.39 is 18.3 Å². The Bertz CT molecular complexity index is 801. The summed E-state index contributed by atoms with van der Waals surface area (Å²) in [5.41, 5.74) is 0.274. The number of rotatable bonds is 10. The SMILES string of the molecule is CCCC(Nc1ccc2ccccc2c1[N+](=O)[O-])P(=O)(OCC)OCC. The fraction of sp³-hybridized carbons (Fsp3) is 0.444. The fourth-order valence-corrected chi connectivity index (χ4v) is 4.93. The summed E-state index contributed by atoms with van der Waals surface area (Å²) >= 11 is 0. The van der Waals surface area contributed by atoms with Crippen LogP contribution < -0.4 is 5.32 Å². The maximum atomic E-state index is 13.2. The largest absolute Gasteiger partial charge is 0.366 e. The minimum Gasteiger partial charge on any atom is -0.366 e. The number of hydrogen-bond donors (Lipinski definition) is 1. The molecular weight excluding hydrogens is 355 g/mol. The molecule has 142 valence electrons. The molecule has 8 heteroatoms. The maximum absolute atomic E-state index is 13.2. The highest BCUT2D eigenvalue weighted by Gasteiger charge is 2.36. The average Bonchev–Trinajstić information content (AvgIpc) is 2.61. The normalized spacial score (nSPS) is 12.9. The van der Waals surface area contributed by atoms with E-state index in [0.717, 1.165) is 11.8 Å². The number of hydrogen-bond acceptors (Lipinski definition) is 6. The van der Waals surface area contributed by atoms with Crippen molar-refractivity contribution < 1.29 is 18.5 Å². The van der Waals surface area contributed by atoms with Crippen LogP contribution in [0.2, 0.25) is 0 Å². The van der Waals surface area contributed by atoms with Crippen molar-refractivity contribution in [3.05, 3.63) is 46.5 Å². The molecule has 0 saturated heterocycles. The molecule has 2 rings (SSSR count). The quantitative estimate of drug-likeness (QED) is 0.330. The van der Waals surface area contributed by atoms with Gasteiger partial charge in [0.25, 0.3) is 5.69 Å². The minimum absolute atomic E-state index is 0.0382. The summed E-state index contributed by atoms with van der Waals surface area (Å²) < 4.78 is 24.1. The van der Waals surface area contributed by atoms with Crippen LogP contribution in [0.5, 0.6) is 0 Å². The molecule has 2 aromatic carbocycles. The lowest BCUT2D eigenvalue weighted by Gasteiger charge is -2.27. The molecule has 2 aromatic rings. The third-order valence-electron chi connectivity index (χ3n) is 3.97. The number of anilines is 1. The van der Waals surface area contributed by atoms with Gasteiger partial charge in [-0.3, -0.25) is 14.7 Å². The van der Waals surface area contributed by atoms with E-state index in [1.807, 2.05) is 19.1 Å². The standard InChI is InChI=1S/C18H25N2O5P/c1-4-9-17(26(23,24-5-2)25-6-3)19-16-13-12-14-10-7-8-11-15(14)18(16)20(21)22/h7-8,10-13,17,19H,4-6,9H2,1-3H3. The molecule has 1 atom stereocenters. The van der Waals surface area contributed by atoms with Crippen LogP contribution in [0.4, 0.5) is 11.4 Å². The van der Waals surface area contributed by atoms with Crippen molar-refractivity contribution in [3.8, 4) is 0 Å². The zero-order chi connectivity index (χ0) is 19.2. The van der Waals surface area contributed by atoms with Crippen molar-refractivity contribution in [2.24, 2.45) is 0 Å². The monoisotopic (exact) mass is 380 g/mol. The van der Waals surface area contributed by atoms with Gasteiger partial charge in [-0.15, -0.1) is 0 Å². The molecule has 0 bridgehead atoms. The van der Waals surface area contributed by atoms with Crippen LogP contribution in [0.25, 0.3) is 10.8 Å². The lowest BCUT2D eigenvalue weighted by atomic mass is 10.1. The van der Waals surface area contributed by atoms with Gasteiger partial charge in [0.15, 0.2) is 0 Å². The Morgan fingerprint density at radius 1 is 1.12 bits per heavy atom. The second kappa shape index (κ2) is 9.12. The number of benzene rings is 2. The molecule has 1 unspecified atom stereocenters. The van der Waals surface area contributed by atoms with E-state index in [9.17, 15) is 14.7 Å². The van der Waals surface area contributed by atoms with Crippen LogP contribution in [0.1, 0.15) is 33.6 Å². The van der Waals surface area contributed by atoms with Crippen molar-refractivity contribution >= 4 is 29.7 Å². The first-order valence-electron chi connectivity index (χ1n) is 8.78. The maximum Gasteiger partial charge on any atom is 0.352 e. The second-order valence-electron chi connectivity index (χ2n) is 5.76. The van der Waals surface area contributed by atoms with Crippen LogP contribution in [0.3, 0.4) is 0 Å². The zero-order valence-corrected chi connectivity index (χ0v) is 16.2. The van der Waals surface area contributed by atoms with E-state index in [4.69, 9.17) is 9.05 Å². The third-order valence-corrected chi connectivity index (χ3v) is 6.35. The van der Waals surface area contributed by atoms with Crippen molar-refractivity contribution in [1.29, 1.82) is 0 Å². The molecule has 0 aliphatic heterocycles. The highest BCUT2D eigenvalue weighted by Crippen LogP contribution is 2.55. The van der Waals surface area contributed by atoms with Gasteiger partial charge < -0.3 is 14.4 Å². The Morgan fingerprint density at radius 2 is 1.77 bits per heavy atom. The summed E-state index contributed by atoms with van der Waals surface area (Å²) in [6.45, 7) is 5.91. The predicted octanol–water partition coefficient (Wildman–Crippen LogP) is 5.55. The fourth-order valence-electron chi connectivity index (χ4n) is 2.91. The molecule has 0 saturated carbocycles. The molecule has 26 heavy (non-hydrogen) atoms. The van der Waals surface area contributed by atoms with Gasteiger partial charge in [-0.2, -0.15) is 0 Å². The summed E-state index contributed by atoms with van der Waals surface area (Å²) in [4.78, 5) is 11.3. The smallest absolute Gasteiger partial charge is 0.352 e. The first kappa shape index (κ1) is 20.4. The Balaban J connectivity index is 2.50. The Labute approximate surface area is 153 Å². The molecule has 0 aliphatic rings. The third kappa shape index (κ3) is 4.41. The van der Waals surface area contributed by atoms with Crippen LogP contribution in [-0.4, -0.2) is 23.9 Å². The Kier molecular flexibility index (Phi) is 7.14. The Morgan fingerprint density at radius 3 is 2.35 bits per heavy atom. The highest BCUT2D eigenvalue weighted by atomic mass is 31.2. The molecular formula is C18H25N2O5P. The van der Waals surface area contributed by atoms with Crippen molar-refractivity contribution in [2.45, 2.75) is 39.4 Å². The van der Waals surface area contributed by atoms with Gasteiger partial charge in [0.2, 0.25) is 0 Å². The summed E-state index contributed by atoms with van der Waals surface area (Å²) in [6.07, 6.45) is 1.23. The number of nitrogens with zero attached hydrogens (tertiary/aromatic N) is 1. The summed E-state index contributed by atoms with van der Waals surface area (Å²) in [6, 6.07) is 10.6. The van der Waals surface area contributed by atoms with Crippen molar-refractivity contribution in [2.75, 3.05) is 18.5 Å². The second-order valence-corrected chi connectivity index (χ2v) is 7.98. The number of nitro groups is 1. The van der Waals surface area contributed by atoms with Gasteiger partial charge >= 0.3 is 7.60 Å². The van der Waals surface area contributed by atoms with Crippen LogP contribution in [-0.2, 0) is 13.6 Å². The van der Waals surface area contributed by atoms with Gasteiger partial charge in [0, 0.05) is 0 Å². The Hall–Kier alpha value is -1.95. The van der Waals surface area contributed by atoms with Gasteiger partial charge in [0.05, 0.1) is 23.5 Å². The molecule has 0 fully saturated rings. The van der Waals surface area contributed by atoms with E-state index in [1.165, 1.54) is 0 Å². The van der Waals surface area contributed by atoms with Gasteiger partial charge in [0.1, 0.15) is 11.5 Å². The summed E-state index contributed by atoms with van der Waals surface area (Å²) in [7, 11) is -3.46. The molecule has 0 radical (unpaired) electrons. The van der Waals surface area contributed by atoms with Crippen molar-refractivity contribution in [3.63, 3.8) is 0 Å². The number of nitrogens with one attached hydrogen (secondary N) is 1. The van der Waals surface area contributed by atoms with Crippen molar-refractivity contribution in [1.82, 2.24) is 0 Å². The molecule has 0 heterocycles. The first-order chi connectivity index (χ1) is 12.5. The van der Waals surface area contributed by atoms with Crippen LogP contribution >= 0.6 is 7.60 Å². The summed E-state index contributed by atoms with van der Waals surface area (Å²) in [5.74, 6) is -0.660. The van der Waals surface area contributed by atoms with Gasteiger partial charge in [-0.1, -0.05) is 37.6 Å². The predicted molar refractivity (Wildman–Crippen MR) is 104 cm³/mol. The van der Waals surface area contributed by atoms with E-state index >= 15 is 0 Å². The van der Waals surface area contributed by atoms with E-state index in [-0.39, 0.29) is 18.9 Å². The average molecular weight is 380 g/mol. The molecule has 7 nitrogen and oxygen atoms in total. The zero-order valence-electron chi connectivity index (χ0n) is 15.3. The van der Waals surface area contributed by atoms with E-state index in [0.29, 0.717) is 17.5 Å². The van der Waals surface area contributed by atoms with Crippen LogP contribution in [0.15, 0.2) is 36.4 Å². The van der Waals surface area contributed by atoms with E-state index in [2.05, 4.69) is 5.32 Å². The van der Waals surface area contributed by atoms with Gasteiger partial charge in [-0.25, -0.2) is 0 Å². The molecule has 0 spiro atoms. The number of fused-ring (bicyclic) bond motifs is 1. The molecule has 1 N–H and O–H groups in total. The van der Waals surface area contributed by atoms with E-state index in [1.54, 1.807) is 38.1 Å². The molecule has 0 aromatic heterocycles. The van der Waals surface area contributed by atoms with Gasteiger partial charge in [-0.05, 0) is 37.8 Å². The lowest BCUT2D eigenvalue weighted by molar-refractivity contribution is -0.382. The molecule has 0 amide bonds. The highest BCUT2D eigenvalue weighted by molar-refractivity contribution is 7.54. The topological polar surface area (TPSA) is 90.7 Å². The lowest BCUT2D eigenvalue weighted by Crippen LogP contribution is -2.23. The van der Waals surface area contributed by atoms with Crippen LogP contribution in [0, 0.1) is 10.1 Å². The minimum atomic E-state index is -3.46. The number of nitro benzene ring substituents is 1. The first-order valence-corrected chi connectivity index (χ1v) is 10.4. The molecule has 0 aliphatic carbocycles. The summed E-state index contributed by atoms with van der Waals surface area (Å²) in [5, 5.41) is 16.1.